The minimum absolute atomic E-state index is 0.0799. The maximum atomic E-state index is 9.37. The maximum absolute atomic E-state index is 9.37. The fourth-order valence-corrected chi connectivity index (χ4v) is 2.86. The van der Waals surface area contributed by atoms with Crippen molar-refractivity contribution < 1.29 is 5.11 Å². The highest BCUT2D eigenvalue weighted by Gasteiger charge is 2.38. The van der Waals surface area contributed by atoms with E-state index in [9.17, 15) is 5.11 Å². The number of hydrogen-bond acceptors (Lipinski definition) is 3. The van der Waals surface area contributed by atoms with Gasteiger partial charge in [0.15, 0.2) is 0 Å². The normalized spacial score (nSPS) is 28.8. The molecule has 0 amide bonds. The fraction of sp³-hybridized carbons (Fsp3) is 0.750. The molecular weight excluding hydrogens is 238 g/mol. The SMILES string of the molecule is Cc1nn(CCC2CCCC2(N)CO)cc1Cl. The number of halogens is 1. The predicted octanol–water partition coefficient (Wildman–Crippen LogP) is 1.72. The number of aryl methyl sites for hydroxylation is 2. The molecule has 1 fully saturated rings. The summed E-state index contributed by atoms with van der Waals surface area (Å²) in [6.07, 6.45) is 5.94. The van der Waals surface area contributed by atoms with Gasteiger partial charge in [0.05, 0.1) is 17.3 Å². The van der Waals surface area contributed by atoms with E-state index >= 15 is 0 Å². The average molecular weight is 258 g/mol. The highest BCUT2D eigenvalue weighted by molar-refractivity contribution is 6.31. The van der Waals surface area contributed by atoms with Crippen molar-refractivity contribution in [3.63, 3.8) is 0 Å². The van der Waals surface area contributed by atoms with Gasteiger partial charge >= 0.3 is 0 Å². The van der Waals surface area contributed by atoms with Gasteiger partial charge in [0.2, 0.25) is 0 Å². The Kier molecular flexibility index (Phi) is 3.76. The van der Waals surface area contributed by atoms with Crippen LogP contribution in [-0.4, -0.2) is 27.0 Å². The van der Waals surface area contributed by atoms with Crippen LogP contribution in [0.15, 0.2) is 6.20 Å². The van der Waals surface area contributed by atoms with Crippen molar-refractivity contribution in [3.8, 4) is 0 Å². The summed E-state index contributed by atoms with van der Waals surface area (Å²) in [5.74, 6) is 0.385. The molecule has 2 rings (SSSR count). The number of aliphatic hydroxyl groups excluding tert-OH is 1. The molecule has 2 unspecified atom stereocenters. The summed E-state index contributed by atoms with van der Waals surface area (Å²) in [4.78, 5) is 0. The van der Waals surface area contributed by atoms with Gasteiger partial charge in [-0.25, -0.2) is 0 Å². The maximum Gasteiger partial charge on any atom is 0.0814 e. The van der Waals surface area contributed by atoms with Crippen molar-refractivity contribution in [1.29, 1.82) is 0 Å². The van der Waals surface area contributed by atoms with Gasteiger partial charge in [-0.1, -0.05) is 18.0 Å². The number of hydrogen-bond donors (Lipinski definition) is 2. The summed E-state index contributed by atoms with van der Waals surface area (Å²) in [6, 6.07) is 0. The fourth-order valence-electron chi connectivity index (χ4n) is 2.71. The van der Waals surface area contributed by atoms with E-state index in [1.165, 1.54) is 0 Å². The smallest absolute Gasteiger partial charge is 0.0814 e. The van der Waals surface area contributed by atoms with E-state index in [1.807, 2.05) is 17.8 Å². The summed E-state index contributed by atoms with van der Waals surface area (Å²) in [6.45, 7) is 2.79. The molecule has 0 radical (unpaired) electrons. The van der Waals surface area contributed by atoms with Crippen LogP contribution in [0, 0.1) is 12.8 Å². The minimum Gasteiger partial charge on any atom is -0.394 e. The topological polar surface area (TPSA) is 64.1 Å². The van der Waals surface area contributed by atoms with Crippen LogP contribution in [0.5, 0.6) is 0 Å². The summed E-state index contributed by atoms with van der Waals surface area (Å²) in [5, 5.41) is 14.4. The predicted molar refractivity (Wildman–Crippen MR) is 67.9 cm³/mol. The van der Waals surface area contributed by atoms with Crippen LogP contribution in [0.2, 0.25) is 5.02 Å². The molecule has 0 saturated heterocycles. The first-order chi connectivity index (χ1) is 8.05. The first-order valence-electron chi connectivity index (χ1n) is 6.14. The second-order valence-corrected chi connectivity index (χ2v) is 5.50. The summed E-state index contributed by atoms with van der Waals surface area (Å²) in [5.41, 5.74) is 6.67. The van der Waals surface area contributed by atoms with Gasteiger partial charge in [-0.15, -0.1) is 0 Å². The molecule has 1 aromatic rings. The van der Waals surface area contributed by atoms with Gasteiger partial charge in [-0.2, -0.15) is 5.10 Å². The zero-order chi connectivity index (χ0) is 12.5. The number of nitrogens with two attached hydrogens (primary N) is 1. The molecule has 1 aliphatic carbocycles. The Bertz CT molecular complexity index is 374. The monoisotopic (exact) mass is 257 g/mol. The van der Waals surface area contributed by atoms with Gasteiger partial charge in [0.1, 0.15) is 0 Å². The molecule has 2 atom stereocenters. The molecular formula is C12H20ClN3O. The highest BCUT2D eigenvalue weighted by atomic mass is 35.5. The van der Waals surface area contributed by atoms with Crippen LogP contribution in [0.1, 0.15) is 31.4 Å². The lowest BCUT2D eigenvalue weighted by Crippen LogP contribution is -2.47. The van der Waals surface area contributed by atoms with Crippen molar-refractivity contribution in [3.05, 3.63) is 16.9 Å². The number of aromatic nitrogens is 2. The van der Waals surface area contributed by atoms with Crippen LogP contribution in [0.3, 0.4) is 0 Å². The zero-order valence-electron chi connectivity index (χ0n) is 10.2. The van der Waals surface area contributed by atoms with Crippen molar-refractivity contribution in [1.82, 2.24) is 9.78 Å². The standard InChI is InChI=1S/C12H20ClN3O/c1-9-11(13)7-16(15-9)6-4-10-3-2-5-12(10,14)8-17/h7,10,17H,2-6,8,14H2,1H3. The number of rotatable bonds is 4. The van der Waals surface area contributed by atoms with Crippen molar-refractivity contribution in [2.75, 3.05) is 6.61 Å². The Morgan fingerprint density at radius 2 is 2.47 bits per heavy atom. The Balaban J connectivity index is 1.94. The van der Waals surface area contributed by atoms with Crippen LogP contribution in [0.25, 0.3) is 0 Å². The lowest BCUT2D eigenvalue weighted by Gasteiger charge is -2.29. The summed E-state index contributed by atoms with van der Waals surface area (Å²) in [7, 11) is 0. The Labute approximate surface area is 107 Å². The lowest BCUT2D eigenvalue weighted by atomic mass is 9.86. The molecule has 1 saturated carbocycles. The summed E-state index contributed by atoms with van der Waals surface area (Å²) >= 11 is 5.96. The molecule has 3 N–H and O–H groups in total. The van der Waals surface area contributed by atoms with Crippen molar-refractivity contribution in [2.45, 2.75) is 44.7 Å². The van der Waals surface area contributed by atoms with Crippen LogP contribution >= 0.6 is 11.6 Å². The molecule has 0 aliphatic heterocycles. The molecule has 1 heterocycles. The van der Waals surface area contributed by atoms with Crippen LogP contribution in [-0.2, 0) is 6.54 Å². The third kappa shape index (κ3) is 2.64. The van der Waals surface area contributed by atoms with E-state index in [0.29, 0.717) is 10.9 Å². The molecule has 4 nitrogen and oxygen atoms in total. The first-order valence-corrected chi connectivity index (χ1v) is 6.52. The van der Waals surface area contributed by atoms with Gasteiger partial charge in [-0.05, 0) is 32.1 Å². The van der Waals surface area contributed by atoms with Crippen molar-refractivity contribution in [2.24, 2.45) is 11.7 Å². The second kappa shape index (κ2) is 4.96. The van der Waals surface area contributed by atoms with E-state index in [1.54, 1.807) is 0 Å². The van der Waals surface area contributed by atoms with E-state index in [4.69, 9.17) is 17.3 Å². The number of nitrogens with zero attached hydrogens (tertiary/aromatic N) is 2. The van der Waals surface area contributed by atoms with Gasteiger partial charge in [-0.3, -0.25) is 4.68 Å². The molecule has 0 aromatic carbocycles. The van der Waals surface area contributed by atoms with Crippen molar-refractivity contribution >= 4 is 11.6 Å². The zero-order valence-corrected chi connectivity index (χ0v) is 11.0. The van der Waals surface area contributed by atoms with Crippen LogP contribution < -0.4 is 5.73 Å². The van der Waals surface area contributed by atoms with E-state index in [2.05, 4.69) is 5.10 Å². The molecule has 1 aromatic heterocycles. The second-order valence-electron chi connectivity index (χ2n) is 5.09. The Hall–Kier alpha value is -0.580. The first kappa shape index (κ1) is 12.9. The molecule has 17 heavy (non-hydrogen) atoms. The van der Waals surface area contributed by atoms with E-state index in [-0.39, 0.29) is 12.1 Å². The number of aliphatic hydroxyl groups is 1. The van der Waals surface area contributed by atoms with Crippen LogP contribution in [0.4, 0.5) is 0 Å². The quantitative estimate of drug-likeness (QED) is 0.863. The van der Waals surface area contributed by atoms with E-state index < -0.39 is 0 Å². The lowest BCUT2D eigenvalue weighted by molar-refractivity contribution is 0.152. The van der Waals surface area contributed by atoms with Gasteiger partial charge in [0.25, 0.3) is 0 Å². The average Bonchev–Trinajstić information content (AvgIpc) is 2.82. The largest absolute Gasteiger partial charge is 0.394 e. The van der Waals surface area contributed by atoms with Gasteiger partial charge < -0.3 is 10.8 Å². The third-order valence-corrected chi connectivity index (χ3v) is 4.27. The van der Waals surface area contributed by atoms with E-state index in [0.717, 1.165) is 37.9 Å². The van der Waals surface area contributed by atoms with Gasteiger partial charge in [0, 0.05) is 18.3 Å². The third-order valence-electron chi connectivity index (χ3n) is 3.90. The Morgan fingerprint density at radius 3 is 3.06 bits per heavy atom. The Morgan fingerprint density at radius 1 is 1.71 bits per heavy atom. The summed E-state index contributed by atoms with van der Waals surface area (Å²) < 4.78 is 1.87. The molecule has 1 aliphatic rings. The highest BCUT2D eigenvalue weighted by Crippen LogP contribution is 2.35. The minimum atomic E-state index is -0.383. The molecule has 5 heteroatoms. The molecule has 0 spiro atoms. The molecule has 96 valence electrons. The molecule has 0 bridgehead atoms.